The molecule has 1 heterocycles. The van der Waals surface area contributed by atoms with Crippen molar-refractivity contribution < 1.29 is 9.53 Å². The van der Waals surface area contributed by atoms with Crippen molar-refractivity contribution in [3.05, 3.63) is 30.1 Å². The van der Waals surface area contributed by atoms with E-state index in [1.807, 2.05) is 24.3 Å². The first kappa shape index (κ1) is 16.2. The van der Waals surface area contributed by atoms with Crippen LogP contribution in [-0.2, 0) is 5.54 Å². The zero-order valence-electron chi connectivity index (χ0n) is 14.0. The smallest absolute Gasteiger partial charge is 0.315 e. The fraction of sp³-hybridized carbons (Fsp3) is 0.500. The minimum absolute atomic E-state index is 0.225. The third-order valence-corrected chi connectivity index (χ3v) is 4.48. The molecule has 1 aliphatic carbocycles. The Morgan fingerprint density at radius 2 is 2.08 bits per heavy atom. The average Bonchev–Trinajstić information content (AvgIpc) is 3.13. The summed E-state index contributed by atoms with van der Waals surface area (Å²) >= 11 is 0. The second kappa shape index (κ2) is 6.86. The van der Waals surface area contributed by atoms with Crippen LogP contribution >= 0.6 is 0 Å². The van der Waals surface area contributed by atoms with Crippen molar-refractivity contribution in [2.75, 3.05) is 14.2 Å². The lowest BCUT2D eigenvalue weighted by Gasteiger charge is -2.36. The van der Waals surface area contributed by atoms with Crippen molar-refractivity contribution in [1.29, 1.82) is 0 Å². The van der Waals surface area contributed by atoms with E-state index in [2.05, 4.69) is 26.2 Å². The first-order chi connectivity index (χ1) is 11.7. The van der Waals surface area contributed by atoms with Crippen LogP contribution in [0.15, 0.2) is 24.3 Å². The molecule has 1 fully saturated rings. The Morgan fingerprint density at radius 3 is 2.79 bits per heavy atom. The number of nitrogens with one attached hydrogen (secondary N) is 2. The Hall–Kier alpha value is -2.64. The van der Waals surface area contributed by atoms with Gasteiger partial charge >= 0.3 is 6.03 Å². The molecule has 2 aromatic rings. The predicted octanol–water partition coefficient (Wildman–Crippen LogP) is 1.76. The standard InChI is InChI=1S/C16H22N6O2/c1-17-15(23)18-16(9-4-3-5-10-16)14-19-20-21-22(14)12-7-6-8-13(11-12)24-2/h6-8,11H,3-5,9-10H2,1-2H3,(H2,17,18,23). The molecule has 1 aliphatic rings. The fourth-order valence-corrected chi connectivity index (χ4v) is 3.24. The lowest BCUT2D eigenvalue weighted by molar-refractivity contribution is 0.196. The van der Waals surface area contributed by atoms with Crippen LogP contribution in [0.25, 0.3) is 5.69 Å². The summed E-state index contributed by atoms with van der Waals surface area (Å²) < 4.78 is 6.97. The molecule has 2 amide bonds. The maximum atomic E-state index is 12.0. The van der Waals surface area contributed by atoms with E-state index in [-0.39, 0.29) is 6.03 Å². The molecule has 1 saturated carbocycles. The minimum atomic E-state index is -0.565. The molecule has 0 radical (unpaired) electrons. The molecular weight excluding hydrogens is 308 g/mol. The summed E-state index contributed by atoms with van der Waals surface area (Å²) in [6.07, 6.45) is 4.82. The number of rotatable bonds is 4. The molecular formula is C16H22N6O2. The van der Waals surface area contributed by atoms with Crippen LogP contribution in [-0.4, -0.2) is 40.4 Å². The van der Waals surface area contributed by atoms with Crippen molar-refractivity contribution >= 4 is 6.03 Å². The number of ether oxygens (including phenoxy) is 1. The monoisotopic (exact) mass is 330 g/mol. The van der Waals surface area contributed by atoms with Gasteiger partial charge in [-0.2, -0.15) is 4.68 Å². The lowest BCUT2D eigenvalue weighted by atomic mass is 9.81. The van der Waals surface area contributed by atoms with Gasteiger partial charge in [0.05, 0.1) is 12.8 Å². The van der Waals surface area contributed by atoms with Gasteiger partial charge in [-0.05, 0) is 35.4 Å². The number of hydrogen-bond donors (Lipinski definition) is 2. The number of carbonyl (C=O) groups is 1. The van der Waals surface area contributed by atoms with E-state index in [1.54, 1.807) is 18.8 Å². The largest absolute Gasteiger partial charge is 0.497 e. The molecule has 8 heteroatoms. The third kappa shape index (κ3) is 3.04. The number of urea groups is 1. The number of tetrazole rings is 1. The maximum Gasteiger partial charge on any atom is 0.315 e. The molecule has 0 spiro atoms. The Balaban J connectivity index is 2.03. The summed E-state index contributed by atoms with van der Waals surface area (Å²) in [5, 5.41) is 18.0. The van der Waals surface area contributed by atoms with Crippen LogP contribution in [0.1, 0.15) is 37.9 Å². The first-order valence-corrected chi connectivity index (χ1v) is 8.12. The van der Waals surface area contributed by atoms with E-state index in [4.69, 9.17) is 4.74 Å². The minimum Gasteiger partial charge on any atom is -0.497 e. The van der Waals surface area contributed by atoms with Crippen LogP contribution in [0.4, 0.5) is 4.79 Å². The number of nitrogens with zero attached hydrogens (tertiary/aromatic N) is 4. The van der Waals surface area contributed by atoms with Gasteiger partial charge in [-0.1, -0.05) is 25.3 Å². The third-order valence-electron chi connectivity index (χ3n) is 4.48. The van der Waals surface area contributed by atoms with Gasteiger partial charge in [-0.15, -0.1) is 5.10 Å². The van der Waals surface area contributed by atoms with Crippen LogP contribution in [0, 0.1) is 0 Å². The van der Waals surface area contributed by atoms with Gasteiger partial charge in [0.2, 0.25) is 0 Å². The van der Waals surface area contributed by atoms with Crippen LogP contribution in [0.2, 0.25) is 0 Å². The van der Waals surface area contributed by atoms with Crippen molar-refractivity contribution in [2.45, 2.75) is 37.6 Å². The van der Waals surface area contributed by atoms with Crippen LogP contribution in [0.5, 0.6) is 5.75 Å². The lowest BCUT2D eigenvalue weighted by Crippen LogP contribution is -2.51. The highest BCUT2D eigenvalue weighted by Gasteiger charge is 2.40. The topological polar surface area (TPSA) is 94.0 Å². The quantitative estimate of drug-likeness (QED) is 0.891. The average molecular weight is 330 g/mol. The summed E-state index contributed by atoms with van der Waals surface area (Å²) in [4.78, 5) is 12.0. The molecule has 2 N–H and O–H groups in total. The molecule has 3 rings (SSSR count). The first-order valence-electron chi connectivity index (χ1n) is 8.12. The van der Waals surface area contributed by atoms with Gasteiger partial charge in [-0.3, -0.25) is 0 Å². The van der Waals surface area contributed by atoms with Crippen LogP contribution in [0.3, 0.4) is 0 Å². The van der Waals surface area contributed by atoms with Crippen molar-refractivity contribution in [3.63, 3.8) is 0 Å². The van der Waals surface area contributed by atoms with Gasteiger partial charge in [0.1, 0.15) is 11.3 Å². The predicted molar refractivity (Wildman–Crippen MR) is 88.1 cm³/mol. The Morgan fingerprint density at radius 1 is 1.29 bits per heavy atom. The number of aromatic nitrogens is 4. The molecule has 0 atom stereocenters. The van der Waals surface area contributed by atoms with Gasteiger partial charge in [0.15, 0.2) is 5.82 Å². The van der Waals surface area contributed by atoms with Crippen LogP contribution < -0.4 is 15.4 Å². The van der Waals surface area contributed by atoms with Crippen molar-refractivity contribution in [1.82, 2.24) is 30.8 Å². The second-order valence-corrected chi connectivity index (χ2v) is 5.96. The van der Waals surface area contributed by atoms with Gasteiger partial charge in [-0.25, -0.2) is 4.79 Å². The Bertz CT molecular complexity index is 708. The Labute approximate surface area is 140 Å². The van der Waals surface area contributed by atoms with Crippen molar-refractivity contribution in [3.8, 4) is 11.4 Å². The van der Waals surface area contributed by atoms with Crippen molar-refractivity contribution in [2.24, 2.45) is 0 Å². The zero-order valence-corrected chi connectivity index (χ0v) is 14.0. The molecule has 128 valence electrons. The highest BCUT2D eigenvalue weighted by molar-refractivity contribution is 5.74. The molecule has 0 bridgehead atoms. The number of amides is 2. The summed E-state index contributed by atoms with van der Waals surface area (Å²) in [6.45, 7) is 0. The maximum absolute atomic E-state index is 12.0. The van der Waals surface area contributed by atoms with Gasteiger partial charge < -0.3 is 15.4 Å². The highest BCUT2D eigenvalue weighted by Crippen LogP contribution is 2.36. The summed E-state index contributed by atoms with van der Waals surface area (Å²) in [5.74, 6) is 1.38. The number of carbonyl (C=O) groups excluding carboxylic acids is 1. The molecule has 0 aliphatic heterocycles. The molecule has 0 unspecified atom stereocenters. The SMILES string of the molecule is CNC(=O)NC1(c2nnnn2-c2cccc(OC)c2)CCCCC1. The normalized spacial score (nSPS) is 16.4. The molecule has 1 aromatic heterocycles. The van der Waals surface area contributed by atoms with E-state index < -0.39 is 5.54 Å². The van der Waals surface area contributed by atoms with E-state index in [0.717, 1.165) is 43.5 Å². The van der Waals surface area contributed by atoms with Gasteiger partial charge in [0.25, 0.3) is 0 Å². The zero-order chi connectivity index (χ0) is 17.0. The van der Waals surface area contributed by atoms with E-state index in [0.29, 0.717) is 5.82 Å². The van der Waals surface area contributed by atoms with E-state index >= 15 is 0 Å². The Kier molecular flexibility index (Phi) is 4.64. The number of hydrogen-bond acceptors (Lipinski definition) is 5. The fourth-order valence-electron chi connectivity index (χ4n) is 3.24. The second-order valence-electron chi connectivity index (χ2n) is 5.96. The van der Waals surface area contributed by atoms with E-state index in [1.165, 1.54) is 0 Å². The number of methoxy groups -OCH3 is 1. The molecule has 24 heavy (non-hydrogen) atoms. The molecule has 1 aromatic carbocycles. The summed E-state index contributed by atoms with van der Waals surface area (Å²) in [7, 11) is 3.23. The number of benzene rings is 1. The molecule has 0 saturated heterocycles. The van der Waals surface area contributed by atoms with E-state index in [9.17, 15) is 4.79 Å². The summed E-state index contributed by atoms with van der Waals surface area (Å²) in [5.41, 5.74) is 0.239. The summed E-state index contributed by atoms with van der Waals surface area (Å²) in [6, 6.07) is 7.32. The highest BCUT2D eigenvalue weighted by atomic mass is 16.5. The van der Waals surface area contributed by atoms with Gasteiger partial charge in [0, 0.05) is 13.1 Å². The molecule has 8 nitrogen and oxygen atoms in total.